The maximum Gasteiger partial charge on any atom is 0.303 e. The van der Waals surface area contributed by atoms with Crippen LogP contribution in [0.3, 0.4) is 0 Å². The van der Waals surface area contributed by atoms with Crippen molar-refractivity contribution in [2.75, 3.05) is 6.61 Å². The van der Waals surface area contributed by atoms with Gasteiger partial charge in [0, 0.05) is 18.9 Å². The van der Waals surface area contributed by atoms with Gasteiger partial charge >= 0.3 is 5.97 Å². The smallest absolute Gasteiger partial charge is 0.303 e. The molecule has 0 amide bonds. The lowest BCUT2D eigenvalue weighted by Crippen LogP contribution is -2.00. The first-order chi connectivity index (χ1) is 13.1. The number of hydrogen-bond donors (Lipinski definition) is 3. The van der Waals surface area contributed by atoms with Crippen LogP contribution in [0.25, 0.3) is 0 Å². The average molecular weight is 377 g/mol. The van der Waals surface area contributed by atoms with Crippen LogP contribution in [0.5, 0.6) is 0 Å². The highest BCUT2D eigenvalue weighted by molar-refractivity contribution is 5.66. The van der Waals surface area contributed by atoms with Gasteiger partial charge in [-0.3, -0.25) is 4.79 Å². The van der Waals surface area contributed by atoms with Crippen molar-refractivity contribution in [2.24, 2.45) is 5.92 Å². The predicted octanol–water partition coefficient (Wildman–Crippen LogP) is 4.96. The van der Waals surface area contributed by atoms with Crippen LogP contribution in [-0.4, -0.2) is 34.0 Å². The molecule has 0 aromatic carbocycles. The average Bonchev–Trinajstić information content (AvgIpc) is 2.64. The van der Waals surface area contributed by atoms with E-state index in [0.29, 0.717) is 12.8 Å². The number of unbranched alkanes of at least 4 members (excludes halogenated alkanes) is 3. The quantitative estimate of drug-likeness (QED) is 0.202. The van der Waals surface area contributed by atoms with E-state index in [2.05, 4.69) is 19.1 Å². The summed E-state index contributed by atoms with van der Waals surface area (Å²) in [5, 5.41) is 27.7. The fraction of sp³-hybridized carbons (Fsp3) is 0.522. The molecule has 2 unspecified atom stereocenters. The van der Waals surface area contributed by atoms with E-state index in [4.69, 9.17) is 5.11 Å². The molecule has 0 aromatic rings. The SMILES string of the molecule is CCCCC/C=C\CC(\C=C/C=C\C=C\C(O)C/C=C\CCC(=O)O)CO. The summed E-state index contributed by atoms with van der Waals surface area (Å²) in [7, 11) is 0. The summed E-state index contributed by atoms with van der Waals surface area (Å²) in [5.74, 6) is -0.688. The van der Waals surface area contributed by atoms with Gasteiger partial charge in [0.15, 0.2) is 0 Å². The molecule has 0 radical (unpaired) electrons. The van der Waals surface area contributed by atoms with E-state index < -0.39 is 12.1 Å². The minimum absolute atomic E-state index is 0.112. The first-order valence-electron chi connectivity index (χ1n) is 9.92. The largest absolute Gasteiger partial charge is 0.481 e. The minimum atomic E-state index is -0.815. The second-order valence-corrected chi connectivity index (χ2v) is 6.51. The highest BCUT2D eigenvalue weighted by Crippen LogP contribution is 2.07. The van der Waals surface area contributed by atoms with Crippen molar-refractivity contribution in [1.82, 2.24) is 0 Å². The summed E-state index contributed by atoms with van der Waals surface area (Å²) < 4.78 is 0. The van der Waals surface area contributed by atoms with Crippen LogP contribution in [0.4, 0.5) is 0 Å². The molecule has 27 heavy (non-hydrogen) atoms. The van der Waals surface area contributed by atoms with E-state index >= 15 is 0 Å². The Labute approximate surface area is 164 Å². The Balaban J connectivity index is 4.01. The lowest BCUT2D eigenvalue weighted by molar-refractivity contribution is -0.136. The second-order valence-electron chi connectivity index (χ2n) is 6.51. The summed E-state index contributed by atoms with van der Waals surface area (Å²) in [6, 6.07) is 0. The van der Waals surface area contributed by atoms with Gasteiger partial charge in [0.25, 0.3) is 0 Å². The Morgan fingerprint density at radius 2 is 1.56 bits per heavy atom. The Morgan fingerprint density at radius 1 is 0.889 bits per heavy atom. The number of aliphatic hydroxyl groups is 2. The van der Waals surface area contributed by atoms with Crippen LogP contribution in [0.15, 0.2) is 60.8 Å². The third-order valence-corrected chi connectivity index (χ3v) is 3.93. The number of rotatable bonds is 16. The molecule has 152 valence electrons. The standard InChI is InChI=1S/C23H36O4/c1-2-3-4-5-6-10-15-21(20-24)16-11-7-8-12-17-22(25)18-13-9-14-19-23(26)27/h6-13,16-17,21-22,24-25H,2-5,14-15,18-20H2,1H3,(H,26,27)/b8-7-,10-6-,13-9-,16-11-,17-12+. The molecule has 0 saturated carbocycles. The van der Waals surface area contributed by atoms with Crippen LogP contribution in [0, 0.1) is 5.92 Å². The molecular formula is C23H36O4. The Hall–Kier alpha value is -1.91. The minimum Gasteiger partial charge on any atom is -0.481 e. The zero-order valence-corrected chi connectivity index (χ0v) is 16.5. The number of carboxylic acids is 1. The van der Waals surface area contributed by atoms with Crippen molar-refractivity contribution in [3.05, 3.63) is 60.8 Å². The fourth-order valence-electron chi connectivity index (χ4n) is 2.30. The number of allylic oxidation sites excluding steroid dienone is 7. The maximum atomic E-state index is 10.4. The van der Waals surface area contributed by atoms with Gasteiger partial charge in [0.1, 0.15) is 0 Å². The van der Waals surface area contributed by atoms with Crippen molar-refractivity contribution in [3.63, 3.8) is 0 Å². The molecule has 3 N–H and O–H groups in total. The summed E-state index contributed by atoms with van der Waals surface area (Å²) in [4.78, 5) is 10.4. The molecule has 0 bridgehead atoms. The lowest BCUT2D eigenvalue weighted by Gasteiger charge is -2.04. The van der Waals surface area contributed by atoms with Crippen molar-refractivity contribution in [1.29, 1.82) is 0 Å². The lowest BCUT2D eigenvalue weighted by atomic mass is 10.0. The zero-order valence-electron chi connectivity index (χ0n) is 16.5. The van der Waals surface area contributed by atoms with Crippen molar-refractivity contribution >= 4 is 5.97 Å². The zero-order chi connectivity index (χ0) is 20.2. The first kappa shape index (κ1) is 25.1. The van der Waals surface area contributed by atoms with E-state index in [0.717, 1.165) is 12.8 Å². The van der Waals surface area contributed by atoms with E-state index in [1.54, 1.807) is 24.3 Å². The molecule has 0 spiro atoms. The number of aliphatic hydroxyl groups excluding tert-OH is 2. The molecule has 0 aliphatic rings. The Morgan fingerprint density at radius 3 is 2.22 bits per heavy atom. The van der Waals surface area contributed by atoms with Crippen LogP contribution in [-0.2, 0) is 4.79 Å². The third kappa shape index (κ3) is 18.7. The van der Waals surface area contributed by atoms with Crippen LogP contribution in [0.1, 0.15) is 58.3 Å². The number of aliphatic carboxylic acids is 1. The van der Waals surface area contributed by atoms with Gasteiger partial charge in [-0.05, 0) is 32.1 Å². The molecular weight excluding hydrogens is 340 g/mol. The molecule has 0 aromatic heterocycles. The van der Waals surface area contributed by atoms with Gasteiger partial charge in [-0.1, -0.05) is 80.5 Å². The van der Waals surface area contributed by atoms with Crippen molar-refractivity contribution in [2.45, 2.75) is 64.4 Å². The Bertz CT molecular complexity index is 501. The summed E-state index contributed by atoms with van der Waals surface area (Å²) >= 11 is 0. The van der Waals surface area contributed by atoms with Gasteiger partial charge in [-0.15, -0.1) is 0 Å². The number of carboxylic acid groups (broad SMARTS) is 1. The van der Waals surface area contributed by atoms with Gasteiger partial charge < -0.3 is 15.3 Å². The molecule has 4 nitrogen and oxygen atoms in total. The number of hydrogen-bond acceptors (Lipinski definition) is 3. The van der Waals surface area contributed by atoms with Crippen molar-refractivity contribution < 1.29 is 20.1 Å². The molecule has 0 aliphatic heterocycles. The molecule has 0 aliphatic carbocycles. The fourth-order valence-corrected chi connectivity index (χ4v) is 2.30. The molecule has 2 atom stereocenters. The van der Waals surface area contributed by atoms with Crippen LogP contribution >= 0.6 is 0 Å². The Kier molecular flexibility index (Phi) is 17.5. The van der Waals surface area contributed by atoms with Crippen LogP contribution < -0.4 is 0 Å². The molecule has 0 rings (SSSR count). The molecule has 0 heterocycles. The van der Waals surface area contributed by atoms with Gasteiger partial charge in [-0.2, -0.15) is 0 Å². The highest BCUT2D eigenvalue weighted by atomic mass is 16.4. The van der Waals surface area contributed by atoms with E-state index in [1.165, 1.54) is 19.3 Å². The molecule has 0 saturated heterocycles. The van der Waals surface area contributed by atoms with Gasteiger partial charge in [0.05, 0.1) is 6.10 Å². The number of carbonyl (C=O) groups is 1. The van der Waals surface area contributed by atoms with E-state index in [9.17, 15) is 15.0 Å². The normalized spacial score (nSPS) is 15.1. The maximum absolute atomic E-state index is 10.4. The van der Waals surface area contributed by atoms with Gasteiger partial charge in [0.2, 0.25) is 0 Å². The summed E-state index contributed by atoms with van der Waals surface area (Å²) in [6.45, 7) is 2.33. The van der Waals surface area contributed by atoms with E-state index in [1.807, 2.05) is 24.3 Å². The topological polar surface area (TPSA) is 77.8 Å². The monoisotopic (exact) mass is 376 g/mol. The summed E-state index contributed by atoms with van der Waals surface area (Å²) in [6.07, 6.45) is 25.2. The van der Waals surface area contributed by atoms with Crippen LogP contribution in [0.2, 0.25) is 0 Å². The molecule has 4 heteroatoms. The van der Waals surface area contributed by atoms with E-state index in [-0.39, 0.29) is 18.9 Å². The molecule has 0 fully saturated rings. The first-order valence-corrected chi connectivity index (χ1v) is 9.92. The highest BCUT2D eigenvalue weighted by Gasteiger charge is 1.98. The third-order valence-electron chi connectivity index (χ3n) is 3.93. The van der Waals surface area contributed by atoms with Crippen molar-refractivity contribution in [3.8, 4) is 0 Å². The summed E-state index contributed by atoms with van der Waals surface area (Å²) in [5.41, 5.74) is 0. The van der Waals surface area contributed by atoms with Gasteiger partial charge in [-0.25, -0.2) is 0 Å². The second kappa shape index (κ2) is 18.9. The predicted molar refractivity (Wildman–Crippen MR) is 113 cm³/mol.